The number of hydrogen-bond donors (Lipinski definition) is 2. The van der Waals surface area contributed by atoms with Gasteiger partial charge in [0.25, 0.3) is 0 Å². The fourth-order valence-corrected chi connectivity index (χ4v) is 2.72. The maximum atomic E-state index is 12.3. The van der Waals surface area contributed by atoms with Crippen LogP contribution in [-0.4, -0.2) is 22.4 Å². The van der Waals surface area contributed by atoms with E-state index in [1.807, 2.05) is 37.4 Å². The Labute approximate surface area is 157 Å². The summed E-state index contributed by atoms with van der Waals surface area (Å²) in [7, 11) is 0. The van der Waals surface area contributed by atoms with E-state index in [1.54, 1.807) is 10.9 Å². The summed E-state index contributed by atoms with van der Waals surface area (Å²) in [5.74, 6) is 1.17. The molecule has 1 aromatic heterocycles. The average molecular weight is 372 g/mol. The van der Waals surface area contributed by atoms with Crippen molar-refractivity contribution in [3.05, 3.63) is 58.6 Å². The molecule has 1 saturated carbocycles. The Morgan fingerprint density at radius 2 is 2.31 bits per heavy atom. The Kier molecular flexibility index (Phi) is 5.73. The first kappa shape index (κ1) is 18.2. The van der Waals surface area contributed by atoms with Crippen LogP contribution in [0.1, 0.15) is 30.4 Å². The van der Waals surface area contributed by atoms with Crippen molar-refractivity contribution in [2.45, 2.75) is 32.6 Å². The number of carbonyl (C=O) groups excluding carboxylic acids is 1. The molecule has 2 N–H and O–H groups in total. The molecule has 1 heterocycles. The standard InChI is InChI=1S/C19H22ClN5O/c1-13-3-7-16(10-17(13)20)25-12-15(11-22-25)9-19(26)23-18(24-21-2)8-6-14-4-5-14/h3,7-8,10-12,14,24H,2,4-6,9H2,1H3,(H,23,26)/b18-8-. The topological polar surface area (TPSA) is 71.3 Å². The number of hydrazone groups is 1. The number of hydrogen-bond acceptors (Lipinski definition) is 4. The number of benzene rings is 1. The number of amides is 1. The number of nitrogens with one attached hydrogen (secondary N) is 2. The van der Waals surface area contributed by atoms with Gasteiger partial charge in [-0.3, -0.25) is 10.2 Å². The van der Waals surface area contributed by atoms with Crippen molar-refractivity contribution in [2.24, 2.45) is 11.0 Å². The van der Waals surface area contributed by atoms with Crippen molar-refractivity contribution in [3.63, 3.8) is 0 Å². The molecule has 0 aliphatic heterocycles. The fourth-order valence-electron chi connectivity index (χ4n) is 2.54. The smallest absolute Gasteiger partial charge is 0.230 e. The zero-order chi connectivity index (χ0) is 18.5. The summed E-state index contributed by atoms with van der Waals surface area (Å²) in [4.78, 5) is 12.3. The molecule has 0 unspecified atom stereocenters. The van der Waals surface area contributed by atoms with Gasteiger partial charge in [-0.2, -0.15) is 10.2 Å². The lowest BCUT2D eigenvalue weighted by molar-refractivity contribution is -0.119. The van der Waals surface area contributed by atoms with Crippen LogP contribution in [0.5, 0.6) is 0 Å². The second kappa shape index (κ2) is 8.19. The third-order valence-electron chi connectivity index (χ3n) is 4.25. The third kappa shape index (κ3) is 4.95. The lowest BCUT2D eigenvalue weighted by Gasteiger charge is -2.08. The summed E-state index contributed by atoms with van der Waals surface area (Å²) in [6.07, 6.45) is 9.13. The van der Waals surface area contributed by atoms with E-state index < -0.39 is 0 Å². The van der Waals surface area contributed by atoms with Gasteiger partial charge in [0.05, 0.1) is 18.3 Å². The van der Waals surface area contributed by atoms with Crippen molar-refractivity contribution in [1.29, 1.82) is 0 Å². The van der Waals surface area contributed by atoms with Gasteiger partial charge in [-0.05, 0) is 61.4 Å². The van der Waals surface area contributed by atoms with Crippen LogP contribution in [-0.2, 0) is 11.2 Å². The van der Waals surface area contributed by atoms with Gasteiger partial charge in [0, 0.05) is 17.9 Å². The Morgan fingerprint density at radius 3 is 3.00 bits per heavy atom. The lowest BCUT2D eigenvalue weighted by Crippen LogP contribution is -2.30. The van der Waals surface area contributed by atoms with E-state index >= 15 is 0 Å². The first-order valence-corrected chi connectivity index (χ1v) is 8.95. The van der Waals surface area contributed by atoms with Gasteiger partial charge < -0.3 is 5.32 Å². The van der Waals surface area contributed by atoms with Crippen molar-refractivity contribution < 1.29 is 4.79 Å². The minimum atomic E-state index is -0.135. The normalized spacial score (nSPS) is 14.2. The number of allylic oxidation sites excluding steroid dienone is 1. The molecule has 0 atom stereocenters. The molecule has 1 amide bonds. The van der Waals surface area contributed by atoms with Crippen LogP contribution in [0.4, 0.5) is 0 Å². The van der Waals surface area contributed by atoms with Crippen LogP contribution in [0.3, 0.4) is 0 Å². The number of aromatic nitrogens is 2. The molecule has 1 aliphatic carbocycles. The number of carbonyl (C=O) groups is 1. The van der Waals surface area contributed by atoms with Crippen LogP contribution in [0.15, 0.2) is 47.6 Å². The highest BCUT2D eigenvalue weighted by molar-refractivity contribution is 6.31. The van der Waals surface area contributed by atoms with E-state index in [1.165, 1.54) is 12.8 Å². The van der Waals surface area contributed by atoms with E-state index in [2.05, 4.69) is 27.7 Å². The van der Waals surface area contributed by atoms with E-state index in [-0.39, 0.29) is 12.3 Å². The zero-order valence-electron chi connectivity index (χ0n) is 14.7. The SMILES string of the molecule is C=NN/C(=C\CC1CC1)NC(=O)Cc1cnn(-c2ccc(C)c(Cl)c2)c1. The maximum absolute atomic E-state index is 12.3. The molecule has 26 heavy (non-hydrogen) atoms. The number of halogens is 1. The van der Waals surface area contributed by atoms with Crippen LogP contribution in [0, 0.1) is 12.8 Å². The summed E-state index contributed by atoms with van der Waals surface area (Å²) in [6, 6.07) is 5.74. The van der Waals surface area contributed by atoms with Gasteiger partial charge in [-0.25, -0.2) is 4.68 Å². The van der Waals surface area contributed by atoms with Crippen LogP contribution in [0.25, 0.3) is 5.69 Å². The van der Waals surface area contributed by atoms with Crippen LogP contribution < -0.4 is 10.7 Å². The largest absolute Gasteiger partial charge is 0.311 e. The molecular formula is C19H22ClN5O. The molecule has 0 radical (unpaired) electrons. The second-order valence-corrected chi connectivity index (χ2v) is 6.93. The monoisotopic (exact) mass is 371 g/mol. The molecule has 2 aromatic rings. The maximum Gasteiger partial charge on any atom is 0.230 e. The minimum absolute atomic E-state index is 0.135. The van der Waals surface area contributed by atoms with Crippen LogP contribution >= 0.6 is 11.6 Å². The molecule has 1 aromatic carbocycles. The molecule has 7 heteroatoms. The highest BCUT2D eigenvalue weighted by Crippen LogP contribution is 2.32. The Morgan fingerprint density at radius 1 is 1.50 bits per heavy atom. The molecule has 1 aliphatic rings. The van der Waals surface area contributed by atoms with Crippen molar-refractivity contribution >= 4 is 24.2 Å². The second-order valence-electron chi connectivity index (χ2n) is 6.52. The highest BCUT2D eigenvalue weighted by atomic mass is 35.5. The molecule has 0 saturated heterocycles. The van der Waals surface area contributed by atoms with Crippen LogP contribution in [0.2, 0.25) is 5.02 Å². The third-order valence-corrected chi connectivity index (χ3v) is 4.65. The molecule has 0 spiro atoms. The van der Waals surface area contributed by atoms with Crippen molar-refractivity contribution in [3.8, 4) is 5.69 Å². The summed E-state index contributed by atoms with van der Waals surface area (Å²) in [5.41, 5.74) is 5.41. The van der Waals surface area contributed by atoms with E-state index in [4.69, 9.17) is 11.6 Å². The van der Waals surface area contributed by atoms with Crippen molar-refractivity contribution in [2.75, 3.05) is 0 Å². The molecule has 136 valence electrons. The molecule has 0 bridgehead atoms. The predicted molar refractivity (Wildman–Crippen MR) is 103 cm³/mol. The van der Waals surface area contributed by atoms with Gasteiger partial charge in [0.2, 0.25) is 5.91 Å². The van der Waals surface area contributed by atoms with E-state index in [0.29, 0.717) is 10.8 Å². The Balaban J connectivity index is 1.62. The molecular weight excluding hydrogens is 350 g/mol. The summed E-state index contributed by atoms with van der Waals surface area (Å²) in [5, 5.41) is 11.5. The Bertz CT molecular complexity index is 838. The predicted octanol–water partition coefficient (Wildman–Crippen LogP) is 3.34. The number of aryl methyl sites for hydroxylation is 1. The Hall–Kier alpha value is -2.60. The van der Waals surface area contributed by atoms with Gasteiger partial charge >= 0.3 is 0 Å². The summed E-state index contributed by atoms with van der Waals surface area (Å²) in [6.45, 7) is 5.36. The fraction of sp³-hybridized carbons (Fsp3) is 0.316. The first-order chi connectivity index (χ1) is 12.5. The minimum Gasteiger partial charge on any atom is -0.311 e. The molecule has 3 rings (SSSR count). The van der Waals surface area contributed by atoms with Gasteiger partial charge in [0.1, 0.15) is 5.82 Å². The van der Waals surface area contributed by atoms with E-state index in [0.717, 1.165) is 29.2 Å². The lowest BCUT2D eigenvalue weighted by atomic mass is 10.2. The van der Waals surface area contributed by atoms with Gasteiger partial charge in [-0.15, -0.1) is 0 Å². The van der Waals surface area contributed by atoms with E-state index in [9.17, 15) is 4.79 Å². The zero-order valence-corrected chi connectivity index (χ0v) is 15.5. The first-order valence-electron chi connectivity index (χ1n) is 8.57. The van der Waals surface area contributed by atoms with Gasteiger partial charge in [-0.1, -0.05) is 17.7 Å². The molecule has 6 nitrogen and oxygen atoms in total. The average Bonchev–Trinajstić information content (AvgIpc) is 3.33. The van der Waals surface area contributed by atoms with Gasteiger partial charge in [0.15, 0.2) is 0 Å². The number of rotatable bonds is 8. The molecule has 1 fully saturated rings. The summed E-state index contributed by atoms with van der Waals surface area (Å²) < 4.78 is 1.71. The summed E-state index contributed by atoms with van der Waals surface area (Å²) >= 11 is 6.17. The quantitative estimate of drug-likeness (QED) is 0.552. The number of nitrogens with zero attached hydrogens (tertiary/aromatic N) is 3. The van der Waals surface area contributed by atoms with Crippen molar-refractivity contribution in [1.82, 2.24) is 20.5 Å². The highest BCUT2D eigenvalue weighted by Gasteiger charge is 2.20.